The molecule has 6 N–H and O–H groups in total. The number of aromatic nitrogens is 6. The molecule has 6 aromatic heterocycles. The Kier molecular flexibility index (Phi) is 23.8. The smallest absolute Gasteiger partial charge is 0.424 e. The number of carbonyl (C=O) groups is 2. The fourth-order valence-corrected chi connectivity index (χ4v) is 16.9. The van der Waals surface area contributed by atoms with Gasteiger partial charge in [0.25, 0.3) is 31.9 Å². The Balaban J connectivity index is 0.000000199. The van der Waals surface area contributed by atoms with Crippen molar-refractivity contribution in [3.63, 3.8) is 0 Å². The van der Waals surface area contributed by atoms with Crippen LogP contribution in [0, 0.1) is 11.8 Å². The molecule has 0 aliphatic carbocycles. The first kappa shape index (κ1) is 79.9. The molecule has 4 aliphatic rings. The van der Waals surface area contributed by atoms with Gasteiger partial charge in [-0.2, -0.15) is 16.8 Å². The Hall–Kier alpha value is -8.68. The molecule has 10 heterocycles. The van der Waals surface area contributed by atoms with E-state index in [-0.39, 0.29) is 71.9 Å². The normalized spacial score (nSPS) is 20.0. The number of sulfonamides is 2. The lowest BCUT2D eigenvalue weighted by Crippen LogP contribution is -2.41. The fraction of sp³-hybridized carbons (Fsp3) is 0.415. The second kappa shape index (κ2) is 31.6. The SMILES string of the molecule is CC(C)(C)c1ccnc(C2CC[C@@H]3CN(c4nc(C(C)(C)C)c(/C=C/c5ccccc5)cc4C(=O)NS(=O)(=O)c4cccc(n4)N2)C(C)(C)C3)c1.CC(C)(C)c1ccnc(C2CC[C@@H]3CN(c4nc(C(C)(C)C)c(Br)cc4C(=O)NS(=O)(=O)c4cccc(n4)N2)C(C)(C)C3)c1.OB(O)/C=C/c1ccccc1. The lowest BCUT2D eigenvalue weighted by atomic mass is 9.86. The van der Waals surface area contributed by atoms with Gasteiger partial charge in [-0.05, 0) is 193 Å². The van der Waals surface area contributed by atoms with Crippen LogP contribution in [-0.2, 0) is 41.7 Å². The second-order valence-electron chi connectivity index (χ2n) is 33.5. The number of pyridine rings is 6. The first-order valence-corrected chi connectivity index (χ1v) is 40.0. The van der Waals surface area contributed by atoms with Crippen molar-refractivity contribution >= 4 is 96.4 Å². The summed E-state index contributed by atoms with van der Waals surface area (Å²) in [4.78, 5) is 61.2. The molecule has 2 amide bonds. The number of benzene rings is 2. The number of carbonyl (C=O) groups excluding carboxylic acids is 2. The Labute approximate surface area is 635 Å². The highest BCUT2D eigenvalue weighted by atomic mass is 79.9. The van der Waals surface area contributed by atoms with Crippen LogP contribution in [0.1, 0.15) is 233 Å². The lowest BCUT2D eigenvalue weighted by Gasteiger charge is -2.35. The maximum atomic E-state index is 14.2. The third kappa shape index (κ3) is 19.7. The fourth-order valence-electron chi connectivity index (χ4n) is 14.1. The van der Waals surface area contributed by atoms with E-state index in [2.05, 4.69) is 179 Å². The van der Waals surface area contributed by atoms with Crippen molar-refractivity contribution in [2.24, 2.45) is 11.8 Å². The summed E-state index contributed by atoms with van der Waals surface area (Å²) in [5.74, 6) is 2.20. The van der Waals surface area contributed by atoms with Crippen LogP contribution in [-0.4, -0.2) is 99.9 Å². The number of amides is 2. The van der Waals surface area contributed by atoms with Gasteiger partial charge in [-0.1, -0.05) is 180 Å². The quantitative estimate of drug-likeness (QED) is 0.0844. The van der Waals surface area contributed by atoms with Crippen LogP contribution in [0.2, 0.25) is 0 Å². The summed E-state index contributed by atoms with van der Waals surface area (Å²) in [7, 11) is -10.0. The molecule has 20 nitrogen and oxygen atoms in total. The van der Waals surface area contributed by atoms with Crippen molar-refractivity contribution in [3.8, 4) is 0 Å². The summed E-state index contributed by atoms with van der Waals surface area (Å²) in [5.41, 5.74) is 7.37. The van der Waals surface area contributed by atoms with Crippen LogP contribution in [0.15, 0.2) is 166 Å². The molecular formula is C82H102BBrN12O8S2. The van der Waals surface area contributed by atoms with Gasteiger partial charge < -0.3 is 30.5 Å². The van der Waals surface area contributed by atoms with E-state index in [1.54, 1.807) is 42.5 Å². The molecule has 12 rings (SSSR count). The van der Waals surface area contributed by atoms with Crippen LogP contribution < -0.4 is 29.9 Å². The van der Waals surface area contributed by atoms with Gasteiger partial charge >= 0.3 is 7.12 Å². The topological polar surface area (TPSA) is 275 Å². The first-order valence-electron chi connectivity index (χ1n) is 36.2. The molecule has 2 fully saturated rings. The van der Waals surface area contributed by atoms with Gasteiger partial charge in [-0.25, -0.2) is 29.4 Å². The van der Waals surface area contributed by atoms with Crippen LogP contribution in [0.5, 0.6) is 0 Å². The number of anilines is 4. The minimum atomic E-state index is -4.36. The molecule has 0 radical (unpaired) electrons. The Morgan fingerprint density at radius 2 is 0.915 bits per heavy atom. The number of halogens is 1. The van der Waals surface area contributed by atoms with Gasteiger partial charge in [0.2, 0.25) is 0 Å². The lowest BCUT2D eigenvalue weighted by molar-refractivity contribution is 0.0972. The number of rotatable bonds is 6. The number of fused-ring (bicyclic) bond motifs is 12. The summed E-state index contributed by atoms with van der Waals surface area (Å²) in [6, 6.07) is 40.3. The third-order valence-corrected chi connectivity index (χ3v) is 22.7. The molecule has 4 atom stereocenters. The van der Waals surface area contributed by atoms with Crippen LogP contribution in [0.25, 0.3) is 18.2 Å². The van der Waals surface area contributed by atoms with E-state index in [1.165, 1.54) is 29.2 Å². The zero-order valence-corrected chi connectivity index (χ0v) is 67.0. The second-order valence-corrected chi connectivity index (χ2v) is 37.6. The zero-order valence-electron chi connectivity index (χ0n) is 63.8. The molecule has 2 saturated heterocycles. The van der Waals surface area contributed by atoms with Crippen LogP contribution in [0.4, 0.5) is 23.3 Å². The van der Waals surface area contributed by atoms with E-state index in [0.29, 0.717) is 46.8 Å². The summed E-state index contributed by atoms with van der Waals surface area (Å²) >= 11 is 3.61. The van der Waals surface area contributed by atoms with Gasteiger partial charge in [0.1, 0.15) is 23.3 Å². The third-order valence-electron chi connectivity index (χ3n) is 19.7. The number of nitrogens with one attached hydrogen (secondary N) is 4. The highest BCUT2D eigenvalue weighted by Gasteiger charge is 2.44. The van der Waals surface area contributed by atoms with E-state index in [1.807, 2.05) is 97.3 Å². The van der Waals surface area contributed by atoms with Gasteiger partial charge in [0, 0.05) is 51.9 Å². The molecule has 8 aromatic rings. The Morgan fingerprint density at radius 1 is 0.500 bits per heavy atom. The standard InChI is InChI=1S/C41H50N6O3S.C33H43BrN6O3S.C8H9BO2/c1-39(2,3)30-21-22-42-33(24-30)32-20-18-28-25-41(7,8)47(26-28)37-31(38(48)46-51(49,50)35-16-12-15-34(43-32)44-35)23-29(36(45-37)40(4,5)6)19-17-27-13-10-9-11-14-27;1-31(2,3)21-14-15-35-25(16-21)24-13-12-20-18-33(7,8)40(19-20)29-22(17-23(34)28(38-29)32(4,5)6)30(41)39-44(42,43)27-11-9-10-26(36-24)37-27;10-9(11)7-6-8-4-2-1-3-5-8/h9-17,19,21-24,28,32H,18,20,25-26H2,1-8H3,(H,43,44)(H,46,48);9-11,14-17,20,24H,12-13,18-19H2,1-8H3,(H,36,37)(H,39,41);1-7,10-11H/b19-17+;;7-6+/t28-,32?;20-,24?;/m00./s1. The van der Waals surface area contributed by atoms with Gasteiger partial charge in [-0.15, -0.1) is 0 Å². The predicted molar refractivity (Wildman–Crippen MR) is 429 cm³/mol. The molecule has 4 aliphatic heterocycles. The minimum absolute atomic E-state index is 0.0563. The predicted octanol–water partition coefficient (Wildman–Crippen LogP) is 15.9. The monoisotopic (exact) mass is 1540 g/mol. The van der Waals surface area contributed by atoms with Crippen molar-refractivity contribution in [2.75, 3.05) is 33.5 Å². The average Bonchev–Trinajstić information content (AvgIpc) is 1.50. The first-order chi connectivity index (χ1) is 49.5. The number of nitrogens with zero attached hydrogens (tertiary/aromatic N) is 8. The van der Waals surface area contributed by atoms with E-state index in [9.17, 15) is 26.4 Å². The summed E-state index contributed by atoms with van der Waals surface area (Å²) < 4.78 is 60.1. The van der Waals surface area contributed by atoms with E-state index < -0.39 is 39.0 Å². The minimum Gasteiger partial charge on any atom is -0.424 e. The Morgan fingerprint density at radius 3 is 1.33 bits per heavy atom. The van der Waals surface area contributed by atoms with Crippen molar-refractivity contribution in [3.05, 3.63) is 218 Å². The zero-order chi connectivity index (χ0) is 77.1. The molecule has 2 unspecified atom stereocenters. The molecule has 2 aromatic carbocycles. The molecule has 0 saturated carbocycles. The summed E-state index contributed by atoms with van der Waals surface area (Å²) in [6.45, 7) is 35.6. The molecule has 24 heteroatoms. The molecule has 106 heavy (non-hydrogen) atoms. The maximum Gasteiger partial charge on any atom is 0.480 e. The molecule has 0 spiro atoms. The van der Waals surface area contributed by atoms with E-state index >= 15 is 0 Å². The molecule has 8 bridgehead atoms. The van der Waals surface area contributed by atoms with E-state index in [0.717, 1.165) is 78.0 Å². The highest BCUT2D eigenvalue weighted by Crippen LogP contribution is 2.45. The van der Waals surface area contributed by atoms with Crippen molar-refractivity contribution < 1.29 is 36.5 Å². The largest absolute Gasteiger partial charge is 0.480 e. The molecule has 560 valence electrons. The van der Waals surface area contributed by atoms with Crippen molar-refractivity contribution in [2.45, 2.75) is 204 Å². The average molecular weight is 1540 g/mol. The van der Waals surface area contributed by atoms with Crippen molar-refractivity contribution in [1.82, 2.24) is 39.3 Å². The van der Waals surface area contributed by atoms with E-state index in [4.69, 9.17) is 30.0 Å². The summed E-state index contributed by atoms with van der Waals surface area (Å²) in [6.07, 6.45) is 14.3. The number of hydrogen-bond donors (Lipinski definition) is 6. The number of hydrogen-bond acceptors (Lipinski definition) is 18. The van der Waals surface area contributed by atoms with Crippen LogP contribution in [0.3, 0.4) is 0 Å². The van der Waals surface area contributed by atoms with Crippen LogP contribution >= 0.6 is 15.9 Å². The van der Waals surface area contributed by atoms with Gasteiger partial charge in [0.05, 0.1) is 46.0 Å². The van der Waals surface area contributed by atoms with Gasteiger partial charge in [-0.3, -0.25) is 19.6 Å². The maximum absolute atomic E-state index is 14.2. The highest BCUT2D eigenvalue weighted by molar-refractivity contribution is 9.10. The summed E-state index contributed by atoms with van der Waals surface area (Å²) in [5, 5.41) is 23.4. The van der Waals surface area contributed by atoms with Gasteiger partial charge in [0.15, 0.2) is 10.1 Å². The van der Waals surface area contributed by atoms with Crippen molar-refractivity contribution in [1.29, 1.82) is 0 Å². The Bertz CT molecular complexity index is 4800. The molecular weight excluding hydrogens is 1440 g/mol.